The highest BCUT2D eigenvalue weighted by atomic mass is 16.1. The molecular formula is C7H11NO. The van der Waals surface area contributed by atoms with Crippen molar-refractivity contribution in [3.8, 4) is 0 Å². The predicted molar refractivity (Wildman–Crippen MR) is 34.1 cm³/mol. The molecule has 1 saturated carbocycles. The number of ketones is 1. The molecule has 9 heavy (non-hydrogen) atoms. The quantitative estimate of drug-likeness (QED) is 0.500. The van der Waals surface area contributed by atoms with Crippen molar-refractivity contribution in [2.24, 2.45) is 11.8 Å². The molecule has 0 aromatic rings. The normalized spacial score (nSPS) is 41.6. The molecule has 0 amide bonds. The Morgan fingerprint density at radius 3 is 2.33 bits per heavy atom. The fraction of sp³-hybridized carbons (Fsp3) is 0.857. The second kappa shape index (κ2) is 1.81. The standard InChI is InChI=1S/C7H11NO/c9-7-1-5-3-8-4-6(5)2-7/h5-6,8H,1-4H2/t5-,6-/m1/s1. The van der Waals surface area contributed by atoms with Crippen molar-refractivity contribution >= 4 is 5.78 Å². The van der Waals surface area contributed by atoms with Gasteiger partial charge in [-0.2, -0.15) is 0 Å². The van der Waals surface area contributed by atoms with Gasteiger partial charge in [0.2, 0.25) is 0 Å². The number of carbonyl (C=O) groups excluding carboxylic acids is 1. The number of nitrogens with one attached hydrogen (secondary N) is 1. The van der Waals surface area contributed by atoms with Crippen LogP contribution in [0.25, 0.3) is 0 Å². The van der Waals surface area contributed by atoms with Crippen LogP contribution in [-0.4, -0.2) is 18.9 Å². The fourth-order valence-corrected chi connectivity index (χ4v) is 1.93. The summed E-state index contributed by atoms with van der Waals surface area (Å²) in [6, 6.07) is 0. The van der Waals surface area contributed by atoms with E-state index >= 15 is 0 Å². The van der Waals surface area contributed by atoms with E-state index in [1.165, 1.54) is 0 Å². The summed E-state index contributed by atoms with van der Waals surface area (Å²) in [6.07, 6.45) is 1.69. The maximum Gasteiger partial charge on any atom is 0.133 e. The Bertz CT molecular complexity index is 130. The van der Waals surface area contributed by atoms with Gasteiger partial charge >= 0.3 is 0 Å². The molecule has 0 radical (unpaired) electrons. The van der Waals surface area contributed by atoms with Gasteiger partial charge in [-0.3, -0.25) is 4.79 Å². The number of rotatable bonds is 0. The maximum absolute atomic E-state index is 10.8. The summed E-state index contributed by atoms with van der Waals surface area (Å²) in [4.78, 5) is 10.8. The molecule has 2 heteroatoms. The Morgan fingerprint density at radius 1 is 1.22 bits per heavy atom. The minimum Gasteiger partial charge on any atom is -0.316 e. The van der Waals surface area contributed by atoms with E-state index in [9.17, 15) is 4.79 Å². The number of hydrogen-bond acceptors (Lipinski definition) is 2. The molecule has 1 aliphatic carbocycles. The Balaban J connectivity index is 2.09. The van der Waals surface area contributed by atoms with Crippen LogP contribution < -0.4 is 5.32 Å². The van der Waals surface area contributed by atoms with E-state index in [1.54, 1.807) is 0 Å². The Labute approximate surface area is 54.6 Å². The number of hydrogen-bond donors (Lipinski definition) is 1. The van der Waals surface area contributed by atoms with E-state index < -0.39 is 0 Å². The van der Waals surface area contributed by atoms with Gasteiger partial charge in [0, 0.05) is 12.8 Å². The van der Waals surface area contributed by atoms with Crippen LogP contribution in [0.1, 0.15) is 12.8 Å². The molecule has 2 aliphatic rings. The van der Waals surface area contributed by atoms with Crippen molar-refractivity contribution in [3.63, 3.8) is 0 Å². The predicted octanol–water partition coefficient (Wildman–Crippen LogP) is 0.185. The highest BCUT2D eigenvalue weighted by molar-refractivity contribution is 5.81. The lowest BCUT2D eigenvalue weighted by molar-refractivity contribution is -0.117. The first-order valence-electron chi connectivity index (χ1n) is 3.58. The minimum atomic E-state index is 0.478. The largest absolute Gasteiger partial charge is 0.316 e. The fourth-order valence-electron chi connectivity index (χ4n) is 1.93. The van der Waals surface area contributed by atoms with Crippen molar-refractivity contribution in [1.29, 1.82) is 0 Å². The van der Waals surface area contributed by atoms with E-state index in [2.05, 4.69) is 5.32 Å². The van der Waals surface area contributed by atoms with Crippen LogP contribution in [0.4, 0.5) is 0 Å². The smallest absolute Gasteiger partial charge is 0.133 e. The Morgan fingerprint density at radius 2 is 1.78 bits per heavy atom. The van der Waals surface area contributed by atoms with Gasteiger partial charge in [-0.05, 0) is 24.9 Å². The first-order valence-corrected chi connectivity index (χ1v) is 3.58. The lowest BCUT2D eigenvalue weighted by Gasteiger charge is -2.01. The van der Waals surface area contributed by atoms with Crippen molar-refractivity contribution in [2.45, 2.75) is 12.8 Å². The van der Waals surface area contributed by atoms with E-state index in [4.69, 9.17) is 0 Å². The molecule has 0 aromatic carbocycles. The molecule has 0 bridgehead atoms. The van der Waals surface area contributed by atoms with Crippen molar-refractivity contribution in [3.05, 3.63) is 0 Å². The van der Waals surface area contributed by atoms with Gasteiger partial charge in [0.05, 0.1) is 0 Å². The first-order chi connectivity index (χ1) is 4.36. The Kier molecular flexibility index (Phi) is 1.09. The van der Waals surface area contributed by atoms with Gasteiger partial charge in [0.1, 0.15) is 5.78 Å². The monoisotopic (exact) mass is 125 g/mol. The van der Waals surface area contributed by atoms with Crippen LogP contribution in [0.5, 0.6) is 0 Å². The summed E-state index contributed by atoms with van der Waals surface area (Å²) < 4.78 is 0. The topological polar surface area (TPSA) is 29.1 Å². The van der Waals surface area contributed by atoms with Gasteiger partial charge in [-0.15, -0.1) is 0 Å². The van der Waals surface area contributed by atoms with Crippen LogP contribution in [0.3, 0.4) is 0 Å². The summed E-state index contributed by atoms with van der Waals surface area (Å²) in [7, 11) is 0. The lowest BCUT2D eigenvalue weighted by atomic mass is 10.0. The van der Waals surface area contributed by atoms with Crippen LogP contribution in [-0.2, 0) is 4.79 Å². The van der Waals surface area contributed by atoms with Gasteiger partial charge < -0.3 is 5.32 Å². The van der Waals surface area contributed by atoms with E-state index in [1.807, 2.05) is 0 Å². The average molecular weight is 125 g/mol. The number of Topliss-reactive ketones (excluding diaryl/α,β-unsaturated/α-hetero) is 1. The van der Waals surface area contributed by atoms with Crippen LogP contribution in [0.15, 0.2) is 0 Å². The zero-order valence-electron chi connectivity index (χ0n) is 5.39. The number of carbonyl (C=O) groups is 1. The second-order valence-corrected chi connectivity index (χ2v) is 3.13. The molecular weight excluding hydrogens is 114 g/mol. The third-order valence-corrected chi connectivity index (χ3v) is 2.46. The van der Waals surface area contributed by atoms with E-state index in [-0.39, 0.29) is 0 Å². The minimum absolute atomic E-state index is 0.478. The van der Waals surface area contributed by atoms with Crippen LogP contribution >= 0.6 is 0 Å². The molecule has 0 aromatic heterocycles. The summed E-state index contributed by atoms with van der Waals surface area (Å²) in [5.41, 5.74) is 0. The second-order valence-electron chi connectivity index (χ2n) is 3.13. The third-order valence-electron chi connectivity index (χ3n) is 2.46. The molecule has 2 rings (SSSR count). The van der Waals surface area contributed by atoms with Crippen LogP contribution in [0.2, 0.25) is 0 Å². The molecule has 0 spiro atoms. The molecule has 2 nitrogen and oxygen atoms in total. The average Bonchev–Trinajstić information content (AvgIpc) is 2.22. The van der Waals surface area contributed by atoms with Crippen LogP contribution in [0, 0.1) is 11.8 Å². The SMILES string of the molecule is O=C1C[C@@H]2CNC[C@H]2C1. The molecule has 1 heterocycles. The summed E-state index contributed by atoms with van der Waals surface area (Å²) >= 11 is 0. The van der Waals surface area contributed by atoms with Gasteiger partial charge in [0.25, 0.3) is 0 Å². The summed E-state index contributed by atoms with van der Waals surface area (Å²) in [5.74, 6) is 1.86. The third kappa shape index (κ3) is 0.778. The molecule has 0 unspecified atom stereocenters. The van der Waals surface area contributed by atoms with Crippen molar-refractivity contribution < 1.29 is 4.79 Å². The van der Waals surface area contributed by atoms with Gasteiger partial charge in [-0.1, -0.05) is 0 Å². The van der Waals surface area contributed by atoms with Gasteiger partial charge in [-0.25, -0.2) is 0 Å². The zero-order chi connectivity index (χ0) is 6.27. The highest BCUT2D eigenvalue weighted by Crippen LogP contribution is 2.31. The zero-order valence-corrected chi connectivity index (χ0v) is 5.39. The summed E-state index contributed by atoms with van der Waals surface area (Å²) in [5, 5.41) is 3.29. The molecule has 1 N–H and O–H groups in total. The first kappa shape index (κ1) is 5.42. The van der Waals surface area contributed by atoms with Crippen molar-refractivity contribution in [2.75, 3.05) is 13.1 Å². The summed E-state index contributed by atoms with van der Waals surface area (Å²) in [6.45, 7) is 2.16. The van der Waals surface area contributed by atoms with E-state index in [0.717, 1.165) is 25.9 Å². The molecule has 1 aliphatic heterocycles. The molecule has 1 saturated heterocycles. The number of fused-ring (bicyclic) bond motifs is 1. The molecule has 2 atom stereocenters. The van der Waals surface area contributed by atoms with Crippen molar-refractivity contribution in [1.82, 2.24) is 5.32 Å². The molecule has 50 valence electrons. The van der Waals surface area contributed by atoms with Gasteiger partial charge in [0.15, 0.2) is 0 Å². The van der Waals surface area contributed by atoms with E-state index in [0.29, 0.717) is 17.6 Å². The Hall–Kier alpha value is -0.370. The molecule has 2 fully saturated rings. The maximum atomic E-state index is 10.8. The lowest BCUT2D eigenvalue weighted by Crippen LogP contribution is -2.11. The highest BCUT2D eigenvalue weighted by Gasteiger charge is 2.35.